The lowest BCUT2D eigenvalue weighted by Crippen LogP contribution is -2.22. The van der Waals surface area contributed by atoms with E-state index >= 15 is 0 Å². The Balaban J connectivity index is 1.71. The molecule has 1 unspecified atom stereocenters. The fraction of sp³-hybridized carbons (Fsp3) is 0.133. The third-order valence-electron chi connectivity index (χ3n) is 2.91. The highest BCUT2D eigenvalue weighted by Crippen LogP contribution is 2.21. The Labute approximate surface area is 116 Å². The molecule has 5 heteroatoms. The van der Waals surface area contributed by atoms with Crippen LogP contribution in [-0.4, -0.2) is 16.9 Å². The van der Waals surface area contributed by atoms with Crippen LogP contribution in [0.25, 0.3) is 0 Å². The Kier molecular flexibility index (Phi) is 3.41. The van der Waals surface area contributed by atoms with E-state index < -0.39 is 6.10 Å². The van der Waals surface area contributed by atoms with Gasteiger partial charge in [-0.1, -0.05) is 36.4 Å². The van der Waals surface area contributed by atoms with Gasteiger partial charge >= 0.3 is 0 Å². The number of ether oxygens (including phenoxy) is 1. The molecule has 1 atom stereocenters. The van der Waals surface area contributed by atoms with Gasteiger partial charge in [-0.3, -0.25) is 15.1 Å². The van der Waals surface area contributed by atoms with Crippen molar-refractivity contribution in [3.8, 4) is 0 Å². The minimum atomic E-state index is -0.626. The maximum Gasteiger partial charge on any atom is 0.293 e. The molecule has 0 saturated carbocycles. The Morgan fingerprint density at radius 3 is 2.70 bits per heavy atom. The third kappa shape index (κ3) is 2.66. The number of rotatable bonds is 3. The number of nitrogens with zero attached hydrogens (tertiary/aromatic N) is 2. The summed E-state index contributed by atoms with van der Waals surface area (Å²) in [6.45, 7) is 0.373. The first kappa shape index (κ1) is 12.3. The summed E-state index contributed by atoms with van der Waals surface area (Å²) < 4.78 is 5.54. The highest BCUT2D eigenvalue weighted by molar-refractivity contribution is 6.02. The first-order chi connectivity index (χ1) is 9.83. The van der Waals surface area contributed by atoms with E-state index in [0.29, 0.717) is 6.54 Å². The summed E-state index contributed by atoms with van der Waals surface area (Å²) >= 11 is 0. The molecule has 2 aromatic rings. The maximum absolute atomic E-state index is 11.9. The van der Waals surface area contributed by atoms with Crippen molar-refractivity contribution in [2.45, 2.75) is 12.6 Å². The molecule has 1 aliphatic heterocycles. The second-order valence-electron chi connectivity index (χ2n) is 4.34. The summed E-state index contributed by atoms with van der Waals surface area (Å²) in [5.74, 6) is -0.198. The van der Waals surface area contributed by atoms with Crippen molar-refractivity contribution < 1.29 is 9.53 Å². The normalized spacial score (nSPS) is 19.7. The first-order valence-electron chi connectivity index (χ1n) is 6.30. The smallest absolute Gasteiger partial charge is 0.293 e. The number of pyridine rings is 1. The molecular formula is C15H13N3O2. The monoisotopic (exact) mass is 267 g/mol. The number of aliphatic imine (C=N–C) groups is 1. The van der Waals surface area contributed by atoms with Crippen molar-refractivity contribution in [1.82, 2.24) is 10.3 Å². The largest absolute Gasteiger partial charge is 0.447 e. The highest BCUT2D eigenvalue weighted by atomic mass is 16.5. The van der Waals surface area contributed by atoms with Crippen LogP contribution >= 0.6 is 0 Å². The van der Waals surface area contributed by atoms with Gasteiger partial charge < -0.3 is 4.74 Å². The number of hydrogen-bond donors (Lipinski definition) is 1. The van der Waals surface area contributed by atoms with Crippen LogP contribution in [0.2, 0.25) is 0 Å². The Bertz CT molecular complexity index is 626. The van der Waals surface area contributed by atoms with Gasteiger partial charge in [0.05, 0.1) is 12.2 Å². The quantitative estimate of drug-likeness (QED) is 0.922. The van der Waals surface area contributed by atoms with Crippen LogP contribution in [-0.2, 0) is 16.1 Å². The number of amides is 1. The summed E-state index contributed by atoms with van der Waals surface area (Å²) in [6.07, 6.45) is 1.08. The SMILES string of the molecule is O=C1NC(=NCc2ccccn2)OC1c1ccccc1. The molecule has 1 fully saturated rings. The zero-order valence-corrected chi connectivity index (χ0v) is 10.7. The number of amidine groups is 1. The molecule has 0 aliphatic carbocycles. The second kappa shape index (κ2) is 5.52. The van der Waals surface area contributed by atoms with E-state index in [1.807, 2.05) is 48.5 Å². The first-order valence-corrected chi connectivity index (χ1v) is 6.30. The Morgan fingerprint density at radius 1 is 1.15 bits per heavy atom. The van der Waals surface area contributed by atoms with Gasteiger partial charge in [-0.2, -0.15) is 0 Å². The van der Waals surface area contributed by atoms with Gasteiger partial charge in [-0.05, 0) is 12.1 Å². The van der Waals surface area contributed by atoms with E-state index in [0.717, 1.165) is 11.3 Å². The van der Waals surface area contributed by atoms with Crippen molar-refractivity contribution in [2.75, 3.05) is 0 Å². The van der Waals surface area contributed by atoms with E-state index in [2.05, 4.69) is 15.3 Å². The van der Waals surface area contributed by atoms with Crippen LogP contribution in [0.3, 0.4) is 0 Å². The molecule has 2 heterocycles. The summed E-state index contributed by atoms with van der Waals surface area (Å²) in [5, 5.41) is 2.63. The van der Waals surface area contributed by atoms with Crippen molar-refractivity contribution in [1.29, 1.82) is 0 Å². The average molecular weight is 267 g/mol. The second-order valence-corrected chi connectivity index (χ2v) is 4.34. The maximum atomic E-state index is 11.9. The topological polar surface area (TPSA) is 63.6 Å². The van der Waals surface area contributed by atoms with E-state index in [-0.39, 0.29) is 11.9 Å². The van der Waals surface area contributed by atoms with Crippen LogP contribution in [0.4, 0.5) is 0 Å². The minimum Gasteiger partial charge on any atom is -0.447 e. The van der Waals surface area contributed by atoms with Gasteiger partial charge in [-0.25, -0.2) is 4.99 Å². The van der Waals surface area contributed by atoms with E-state index in [4.69, 9.17) is 4.74 Å². The zero-order chi connectivity index (χ0) is 13.8. The lowest BCUT2D eigenvalue weighted by atomic mass is 10.1. The summed E-state index contributed by atoms with van der Waals surface area (Å²) in [6, 6.07) is 15.2. The molecule has 0 bridgehead atoms. The Morgan fingerprint density at radius 2 is 1.95 bits per heavy atom. The summed E-state index contributed by atoms with van der Waals surface area (Å²) in [5.41, 5.74) is 1.63. The predicted octanol–water partition coefficient (Wildman–Crippen LogP) is 1.83. The molecule has 5 nitrogen and oxygen atoms in total. The molecule has 0 spiro atoms. The van der Waals surface area contributed by atoms with Crippen LogP contribution in [0.5, 0.6) is 0 Å². The molecule has 1 N–H and O–H groups in total. The molecule has 1 aromatic heterocycles. The van der Waals surface area contributed by atoms with Gasteiger partial charge in [-0.15, -0.1) is 0 Å². The van der Waals surface area contributed by atoms with Crippen LogP contribution in [0.1, 0.15) is 17.4 Å². The van der Waals surface area contributed by atoms with Gasteiger partial charge in [0.25, 0.3) is 11.9 Å². The number of carbonyl (C=O) groups is 1. The molecular weight excluding hydrogens is 254 g/mol. The predicted molar refractivity (Wildman–Crippen MR) is 73.8 cm³/mol. The molecule has 1 amide bonds. The number of carbonyl (C=O) groups excluding carboxylic acids is 1. The van der Waals surface area contributed by atoms with Crippen molar-refractivity contribution in [3.05, 3.63) is 66.0 Å². The molecule has 100 valence electrons. The molecule has 0 radical (unpaired) electrons. The van der Waals surface area contributed by atoms with Crippen molar-refractivity contribution >= 4 is 11.9 Å². The van der Waals surface area contributed by atoms with E-state index in [1.54, 1.807) is 6.20 Å². The number of aromatic nitrogens is 1. The van der Waals surface area contributed by atoms with E-state index in [9.17, 15) is 4.79 Å². The van der Waals surface area contributed by atoms with Gasteiger partial charge in [0, 0.05) is 11.8 Å². The summed E-state index contributed by atoms with van der Waals surface area (Å²) in [4.78, 5) is 20.2. The Hall–Kier alpha value is -2.69. The lowest BCUT2D eigenvalue weighted by Gasteiger charge is -2.06. The fourth-order valence-corrected chi connectivity index (χ4v) is 1.93. The van der Waals surface area contributed by atoms with Gasteiger partial charge in [0.15, 0.2) is 0 Å². The molecule has 20 heavy (non-hydrogen) atoms. The zero-order valence-electron chi connectivity index (χ0n) is 10.7. The molecule has 1 aromatic carbocycles. The molecule has 3 rings (SSSR count). The van der Waals surface area contributed by atoms with E-state index in [1.165, 1.54) is 0 Å². The lowest BCUT2D eigenvalue weighted by molar-refractivity contribution is -0.123. The van der Waals surface area contributed by atoms with Gasteiger partial charge in [0.2, 0.25) is 6.10 Å². The average Bonchev–Trinajstić information content (AvgIpc) is 2.88. The molecule has 1 aliphatic rings. The minimum absolute atomic E-state index is 0.198. The highest BCUT2D eigenvalue weighted by Gasteiger charge is 2.31. The van der Waals surface area contributed by atoms with Gasteiger partial charge in [0.1, 0.15) is 0 Å². The van der Waals surface area contributed by atoms with Crippen molar-refractivity contribution in [3.63, 3.8) is 0 Å². The standard InChI is InChI=1S/C15H13N3O2/c19-14-13(11-6-2-1-3-7-11)20-15(18-14)17-10-12-8-4-5-9-16-12/h1-9,13H,10H2,(H,17,18,19). The van der Waals surface area contributed by atoms with Crippen molar-refractivity contribution in [2.24, 2.45) is 4.99 Å². The number of hydrogen-bond acceptors (Lipinski definition) is 4. The fourth-order valence-electron chi connectivity index (χ4n) is 1.93. The van der Waals surface area contributed by atoms with Crippen LogP contribution in [0, 0.1) is 0 Å². The molecule has 1 saturated heterocycles. The van der Waals surface area contributed by atoms with Crippen LogP contribution < -0.4 is 5.32 Å². The third-order valence-corrected chi connectivity index (χ3v) is 2.91. The number of nitrogens with one attached hydrogen (secondary N) is 1. The van der Waals surface area contributed by atoms with Crippen LogP contribution in [0.15, 0.2) is 59.7 Å². The number of benzene rings is 1. The summed E-state index contributed by atoms with van der Waals surface area (Å²) in [7, 11) is 0.